The van der Waals surface area contributed by atoms with Gasteiger partial charge in [0.15, 0.2) is 0 Å². The predicted molar refractivity (Wildman–Crippen MR) is 153 cm³/mol. The van der Waals surface area contributed by atoms with E-state index in [2.05, 4.69) is 21.3 Å². The molecular weight excluding hydrogens is 474 g/mol. The molecule has 4 amide bonds. The van der Waals surface area contributed by atoms with Gasteiger partial charge in [0.2, 0.25) is 11.8 Å². The van der Waals surface area contributed by atoms with Gasteiger partial charge in [-0.2, -0.15) is 0 Å². The van der Waals surface area contributed by atoms with Gasteiger partial charge in [-0.1, -0.05) is 74.4 Å². The smallest absolute Gasteiger partial charge is 0.312 e. The molecule has 0 aromatic heterocycles. The first kappa shape index (κ1) is 41.0. The summed E-state index contributed by atoms with van der Waals surface area (Å²) in [6.45, 7) is 19.9. The first-order valence-electron chi connectivity index (χ1n) is 13.1. The van der Waals surface area contributed by atoms with Crippen LogP contribution < -0.4 is 27.0 Å². The van der Waals surface area contributed by atoms with E-state index >= 15 is 0 Å². The zero-order valence-corrected chi connectivity index (χ0v) is 24.9. The summed E-state index contributed by atoms with van der Waals surface area (Å²) < 4.78 is 4.89. The predicted octanol–water partition coefficient (Wildman–Crippen LogP) is 4.19. The lowest BCUT2D eigenvalue weighted by Crippen LogP contribution is -2.47. The molecule has 0 aliphatic heterocycles. The van der Waals surface area contributed by atoms with Crippen LogP contribution >= 0.6 is 0 Å². The van der Waals surface area contributed by atoms with Crippen LogP contribution in [0.4, 0.5) is 10.5 Å². The molecule has 1 aromatic rings. The van der Waals surface area contributed by atoms with Crippen molar-refractivity contribution in [3.8, 4) is 0 Å². The Morgan fingerprint density at radius 1 is 0.919 bits per heavy atom. The van der Waals surface area contributed by atoms with Gasteiger partial charge >= 0.3 is 12.0 Å². The number of primary amides is 1. The number of hydrogen-bond acceptors (Lipinski definition) is 6. The molecule has 0 aliphatic rings. The fourth-order valence-electron chi connectivity index (χ4n) is 2.37. The van der Waals surface area contributed by atoms with Crippen LogP contribution in [0.3, 0.4) is 0 Å². The van der Waals surface area contributed by atoms with Gasteiger partial charge < -0.3 is 31.7 Å². The van der Waals surface area contributed by atoms with E-state index in [9.17, 15) is 19.2 Å². The standard InChI is InChI=1S/C17H25N3O4.C4H10N2O.3C2H6/c1-11(2)16(18-4)17(23)19-9-15(22)20-14-7-5-13(6-8-14)10-24-12(3)21;1-2-3-6-4(5)7;3*1-2/h5-8,11,16,18H,9-10H2,1-4H3,(H,19,23)(H,20,22);2-3H2,1H3,(H3,5,6,7);3*1-2H3. The van der Waals surface area contributed by atoms with E-state index in [-0.39, 0.29) is 42.9 Å². The van der Waals surface area contributed by atoms with Crippen molar-refractivity contribution >= 4 is 29.5 Å². The minimum atomic E-state index is -0.443. The van der Waals surface area contributed by atoms with Gasteiger partial charge in [-0.15, -0.1) is 0 Å². The van der Waals surface area contributed by atoms with Gasteiger partial charge in [-0.25, -0.2) is 4.79 Å². The maximum absolute atomic E-state index is 11.9. The van der Waals surface area contributed by atoms with Gasteiger partial charge in [0.25, 0.3) is 0 Å². The number of amides is 4. The second-order valence-corrected chi connectivity index (χ2v) is 7.04. The number of hydrogen-bond donors (Lipinski definition) is 5. The molecule has 0 saturated carbocycles. The molecule has 0 fully saturated rings. The van der Waals surface area contributed by atoms with Gasteiger partial charge in [-0.3, -0.25) is 14.4 Å². The number of esters is 1. The van der Waals surface area contributed by atoms with E-state index < -0.39 is 6.03 Å². The van der Waals surface area contributed by atoms with E-state index in [0.717, 1.165) is 12.0 Å². The van der Waals surface area contributed by atoms with Gasteiger partial charge in [-0.05, 0) is 37.1 Å². The second-order valence-electron chi connectivity index (χ2n) is 7.04. The normalized spacial score (nSPS) is 9.62. The van der Waals surface area contributed by atoms with Crippen molar-refractivity contribution < 1.29 is 23.9 Å². The number of anilines is 1. The summed E-state index contributed by atoms with van der Waals surface area (Å²) >= 11 is 0. The average molecular weight is 528 g/mol. The number of urea groups is 1. The van der Waals surface area contributed by atoms with Crippen LogP contribution in [0.15, 0.2) is 24.3 Å². The zero-order chi connectivity index (χ0) is 29.8. The highest BCUT2D eigenvalue weighted by Crippen LogP contribution is 2.10. The molecule has 37 heavy (non-hydrogen) atoms. The Kier molecular flexibility index (Phi) is 32.2. The summed E-state index contributed by atoms with van der Waals surface area (Å²) in [6, 6.07) is 6.16. The zero-order valence-electron chi connectivity index (χ0n) is 24.9. The Bertz CT molecular complexity index is 710. The van der Waals surface area contributed by atoms with Gasteiger partial charge in [0.1, 0.15) is 6.61 Å². The molecule has 0 saturated heterocycles. The lowest BCUT2D eigenvalue weighted by atomic mass is 10.0. The van der Waals surface area contributed by atoms with Crippen molar-refractivity contribution in [1.29, 1.82) is 0 Å². The molecule has 216 valence electrons. The summed E-state index contributed by atoms with van der Waals surface area (Å²) in [5.41, 5.74) is 6.16. The minimum absolute atomic E-state index is 0.0983. The Morgan fingerprint density at radius 3 is 1.78 bits per heavy atom. The van der Waals surface area contributed by atoms with Crippen molar-refractivity contribution in [2.45, 2.75) is 88.3 Å². The Balaban J connectivity index is -0.000000352. The molecule has 1 unspecified atom stereocenters. The maximum atomic E-state index is 11.9. The average Bonchev–Trinajstić information content (AvgIpc) is 2.90. The molecule has 1 atom stereocenters. The number of rotatable bonds is 10. The highest BCUT2D eigenvalue weighted by atomic mass is 16.5. The Labute approximate surface area is 224 Å². The third kappa shape index (κ3) is 25.8. The Morgan fingerprint density at radius 2 is 1.43 bits per heavy atom. The molecule has 6 N–H and O–H groups in total. The van der Waals surface area contributed by atoms with E-state index in [0.29, 0.717) is 12.2 Å². The highest BCUT2D eigenvalue weighted by Gasteiger charge is 2.20. The monoisotopic (exact) mass is 527 g/mol. The summed E-state index contributed by atoms with van der Waals surface area (Å²) in [4.78, 5) is 44.5. The van der Waals surface area contributed by atoms with E-state index in [1.165, 1.54) is 6.92 Å². The van der Waals surface area contributed by atoms with Crippen LogP contribution in [-0.4, -0.2) is 50.0 Å². The third-order valence-corrected chi connectivity index (χ3v) is 3.91. The van der Waals surface area contributed by atoms with Gasteiger partial charge in [0.05, 0.1) is 12.6 Å². The fourth-order valence-corrected chi connectivity index (χ4v) is 2.37. The quantitative estimate of drug-likeness (QED) is 0.288. The number of nitrogens with two attached hydrogens (primary N) is 1. The van der Waals surface area contributed by atoms with Crippen LogP contribution in [0, 0.1) is 5.92 Å². The summed E-state index contributed by atoms with van der Waals surface area (Å²) in [5.74, 6) is -0.735. The second kappa shape index (κ2) is 29.1. The minimum Gasteiger partial charge on any atom is -0.461 e. The molecular formula is C27H53N5O5. The van der Waals surface area contributed by atoms with E-state index in [4.69, 9.17) is 10.5 Å². The van der Waals surface area contributed by atoms with Crippen molar-refractivity contribution in [1.82, 2.24) is 16.0 Å². The number of likely N-dealkylation sites (N-methyl/N-ethyl adjacent to an activating group) is 1. The van der Waals surface area contributed by atoms with Crippen LogP contribution in [0.1, 0.15) is 81.2 Å². The lowest BCUT2D eigenvalue weighted by Gasteiger charge is -2.19. The van der Waals surface area contributed by atoms with Crippen molar-refractivity contribution in [3.05, 3.63) is 29.8 Å². The highest BCUT2D eigenvalue weighted by molar-refractivity contribution is 5.95. The van der Waals surface area contributed by atoms with E-state index in [1.54, 1.807) is 31.3 Å². The molecule has 0 heterocycles. The molecule has 0 radical (unpaired) electrons. The Hall–Kier alpha value is -3.14. The first-order chi connectivity index (χ1) is 17.6. The van der Waals surface area contributed by atoms with E-state index in [1.807, 2.05) is 62.3 Å². The summed E-state index contributed by atoms with van der Waals surface area (Å²) in [7, 11) is 1.71. The summed E-state index contributed by atoms with van der Waals surface area (Å²) in [6.07, 6.45) is 0.933. The molecule has 1 rings (SSSR count). The third-order valence-electron chi connectivity index (χ3n) is 3.91. The molecule has 0 spiro atoms. The largest absolute Gasteiger partial charge is 0.461 e. The molecule has 10 nitrogen and oxygen atoms in total. The molecule has 10 heteroatoms. The lowest BCUT2D eigenvalue weighted by molar-refractivity contribution is -0.142. The molecule has 1 aromatic carbocycles. The number of ether oxygens (including phenoxy) is 1. The summed E-state index contributed by atoms with van der Waals surface area (Å²) in [5, 5.41) is 10.7. The number of carbonyl (C=O) groups excluding carboxylic acids is 4. The van der Waals surface area contributed by atoms with Crippen LogP contribution in [0.2, 0.25) is 0 Å². The maximum Gasteiger partial charge on any atom is 0.312 e. The van der Waals surface area contributed by atoms with Crippen LogP contribution in [-0.2, 0) is 25.7 Å². The first-order valence-corrected chi connectivity index (χ1v) is 13.1. The van der Waals surface area contributed by atoms with Crippen molar-refractivity contribution in [2.24, 2.45) is 11.7 Å². The van der Waals surface area contributed by atoms with Gasteiger partial charge in [0, 0.05) is 19.2 Å². The van der Waals surface area contributed by atoms with Crippen LogP contribution in [0.25, 0.3) is 0 Å². The number of benzene rings is 1. The number of carbonyl (C=O) groups is 4. The fraction of sp³-hybridized carbons (Fsp3) is 0.630. The SMILES string of the molecule is CC.CC.CC.CCCNC(N)=O.CNC(C(=O)NCC(=O)Nc1ccc(COC(C)=O)cc1)C(C)C. The number of nitrogens with one attached hydrogen (secondary N) is 4. The van der Waals surface area contributed by atoms with Crippen molar-refractivity contribution in [2.75, 3.05) is 25.5 Å². The topological polar surface area (TPSA) is 152 Å². The van der Waals surface area contributed by atoms with Crippen molar-refractivity contribution in [3.63, 3.8) is 0 Å². The molecule has 0 aliphatic carbocycles. The van der Waals surface area contributed by atoms with Crippen LogP contribution in [0.5, 0.6) is 0 Å². The molecule has 0 bridgehead atoms.